The maximum absolute atomic E-state index is 5.13. The molecule has 0 aliphatic heterocycles. The van der Waals surface area contributed by atoms with E-state index in [0.29, 0.717) is 4.77 Å². The maximum atomic E-state index is 5.13. The largest absolute Gasteiger partial charge is 0.497 e. The van der Waals surface area contributed by atoms with Crippen LogP contribution >= 0.6 is 12.2 Å². The number of aromatic nitrogens is 3. The zero-order valence-corrected chi connectivity index (χ0v) is 11.5. The molecule has 6 heteroatoms. The van der Waals surface area contributed by atoms with Gasteiger partial charge in [-0.1, -0.05) is 12.1 Å². The van der Waals surface area contributed by atoms with E-state index in [4.69, 9.17) is 17.0 Å². The number of hydrogen-bond donors (Lipinski definition) is 1. The molecule has 5 nitrogen and oxygen atoms in total. The van der Waals surface area contributed by atoms with Crippen LogP contribution in [0.1, 0.15) is 5.56 Å². The van der Waals surface area contributed by atoms with E-state index in [-0.39, 0.29) is 0 Å². The van der Waals surface area contributed by atoms with E-state index in [1.165, 1.54) is 5.56 Å². The van der Waals surface area contributed by atoms with Crippen molar-refractivity contribution in [1.82, 2.24) is 14.8 Å². The summed E-state index contributed by atoms with van der Waals surface area (Å²) in [5.41, 5.74) is 1.19. The first-order valence-electron chi connectivity index (χ1n) is 5.57. The number of benzene rings is 1. The summed E-state index contributed by atoms with van der Waals surface area (Å²) in [6, 6.07) is 7.98. The molecule has 0 saturated heterocycles. The van der Waals surface area contributed by atoms with Crippen molar-refractivity contribution in [2.45, 2.75) is 6.54 Å². The quantitative estimate of drug-likeness (QED) is 0.859. The predicted octanol–water partition coefficient (Wildman–Crippen LogP) is 2.12. The highest BCUT2D eigenvalue weighted by atomic mass is 32.1. The Morgan fingerprint density at radius 3 is 2.56 bits per heavy atom. The van der Waals surface area contributed by atoms with Crippen molar-refractivity contribution >= 4 is 18.2 Å². The molecule has 0 fully saturated rings. The van der Waals surface area contributed by atoms with Gasteiger partial charge in [-0.3, -0.25) is 4.57 Å². The average Bonchev–Trinajstić information content (AvgIpc) is 2.71. The van der Waals surface area contributed by atoms with Crippen LogP contribution in [0.3, 0.4) is 0 Å². The summed E-state index contributed by atoms with van der Waals surface area (Å²) in [5, 5.41) is 6.97. The van der Waals surface area contributed by atoms with Crippen LogP contribution in [0.25, 0.3) is 0 Å². The molecule has 1 aromatic heterocycles. The highest BCUT2D eigenvalue weighted by molar-refractivity contribution is 7.71. The first kappa shape index (κ1) is 12.6. The summed E-state index contributed by atoms with van der Waals surface area (Å²) in [7, 11) is 5.54. The molecule has 1 N–H and O–H groups in total. The molecule has 2 aromatic rings. The Bertz CT molecular complexity index is 573. The lowest BCUT2D eigenvalue weighted by Gasteiger charge is -2.17. The van der Waals surface area contributed by atoms with Crippen LogP contribution in [-0.4, -0.2) is 28.9 Å². The van der Waals surface area contributed by atoms with Gasteiger partial charge in [-0.15, -0.1) is 5.10 Å². The van der Waals surface area contributed by atoms with Gasteiger partial charge in [0.05, 0.1) is 7.11 Å². The Hall–Kier alpha value is -1.82. The van der Waals surface area contributed by atoms with Gasteiger partial charge in [0.25, 0.3) is 0 Å². The van der Waals surface area contributed by atoms with Crippen LogP contribution in [0.15, 0.2) is 24.3 Å². The normalized spacial score (nSPS) is 10.4. The Balaban J connectivity index is 2.13. The maximum Gasteiger partial charge on any atom is 0.225 e. The lowest BCUT2D eigenvalue weighted by molar-refractivity contribution is 0.414. The Labute approximate surface area is 111 Å². The molecular formula is C12H16N4OS. The van der Waals surface area contributed by atoms with Crippen molar-refractivity contribution < 1.29 is 4.74 Å². The minimum absolute atomic E-state index is 0.617. The number of hydrogen-bond acceptors (Lipinski definition) is 4. The van der Waals surface area contributed by atoms with Gasteiger partial charge in [-0.25, -0.2) is 5.10 Å². The van der Waals surface area contributed by atoms with Crippen molar-refractivity contribution in [2.75, 3.05) is 19.1 Å². The lowest BCUT2D eigenvalue weighted by Crippen LogP contribution is -2.20. The van der Waals surface area contributed by atoms with Crippen LogP contribution in [0.2, 0.25) is 0 Å². The first-order valence-corrected chi connectivity index (χ1v) is 5.98. The van der Waals surface area contributed by atoms with Gasteiger partial charge in [-0.05, 0) is 29.9 Å². The molecule has 0 aliphatic carbocycles. The number of ether oxygens (including phenoxy) is 1. The number of methoxy groups -OCH3 is 1. The SMILES string of the molecule is COc1ccc(CN(C)c2n[nH]c(=S)n2C)cc1. The second kappa shape index (κ2) is 5.22. The number of aromatic amines is 1. The summed E-state index contributed by atoms with van der Waals surface area (Å²) in [6.07, 6.45) is 0. The van der Waals surface area contributed by atoms with Crippen LogP contribution in [-0.2, 0) is 13.6 Å². The number of nitrogens with zero attached hydrogens (tertiary/aromatic N) is 3. The van der Waals surface area contributed by atoms with Crippen LogP contribution < -0.4 is 9.64 Å². The zero-order valence-electron chi connectivity index (χ0n) is 10.7. The highest BCUT2D eigenvalue weighted by Crippen LogP contribution is 2.15. The molecule has 2 rings (SSSR count). The zero-order chi connectivity index (χ0) is 13.1. The molecule has 18 heavy (non-hydrogen) atoms. The standard InChI is InChI=1S/C12H16N4OS/c1-15(11-13-14-12(18)16(11)2)8-9-4-6-10(17-3)7-5-9/h4-7H,8H2,1-3H3,(H,14,18). The van der Waals surface area contributed by atoms with Gasteiger partial charge in [0.2, 0.25) is 5.95 Å². The third-order valence-corrected chi connectivity index (χ3v) is 3.14. The first-order chi connectivity index (χ1) is 8.61. The molecule has 0 atom stereocenters. The number of nitrogens with one attached hydrogen (secondary N) is 1. The predicted molar refractivity (Wildman–Crippen MR) is 73.5 cm³/mol. The van der Waals surface area contributed by atoms with E-state index in [1.807, 2.05) is 47.8 Å². The van der Waals surface area contributed by atoms with E-state index in [9.17, 15) is 0 Å². The van der Waals surface area contributed by atoms with Crippen LogP contribution in [0, 0.1) is 4.77 Å². The fourth-order valence-corrected chi connectivity index (χ4v) is 1.88. The lowest BCUT2D eigenvalue weighted by atomic mass is 10.2. The highest BCUT2D eigenvalue weighted by Gasteiger charge is 2.08. The van der Waals surface area contributed by atoms with Crippen molar-refractivity contribution in [1.29, 1.82) is 0 Å². The van der Waals surface area contributed by atoms with Gasteiger partial charge >= 0.3 is 0 Å². The van der Waals surface area contributed by atoms with E-state index < -0.39 is 0 Å². The molecule has 0 bridgehead atoms. The third-order valence-electron chi connectivity index (χ3n) is 2.78. The van der Waals surface area contributed by atoms with E-state index in [1.54, 1.807) is 7.11 Å². The molecule has 0 amide bonds. The number of anilines is 1. The fraction of sp³-hybridized carbons (Fsp3) is 0.333. The summed E-state index contributed by atoms with van der Waals surface area (Å²) in [5.74, 6) is 1.68. The van der Waals surface area contributed by atoms with Crippen molar-refractivity contribution in [2.24, 2.45) is 7.05 Å². The van der Waals surface area contributed by atoms with Gasteiger partial charge in [0.1, 0.15) is 5.75 Å². The minimum Gasteiger partial charge on any atom is -0.497 e. The fourth-order valence-electron chi connectivity index (χ4n) is 1.76. The van der Waals surface area contributed by atoms with Gasteiger partial charge in [0, 0.05) is 20.6 Å². The van der Waals surface area contributed by atoms with Crippen LogP contribution in [0.5, 0.6) is 5.75 Å². The Morgan fingerprint density at radius 2 is 2.06 bits per heavy atom. The summed E-state index contributed by atoms with van der Waals surface area (Å²) in [4.78, 5) is 2.04. The monoisotopic (exact) mass is 264 g/mol. The molecule has 0 spiro atoms. The van der Waals surface area contributed by atoms with E-state index >= 15 is 0 Å². The second-order valence-corrected chi connectivity index (χ2v) is 4.48. The van der Waals surface area contributed by atoms with E-state index in [0.717, 1.165) is 18.2 Å². The van der Waals surface area contributed by atoms with Gasteiger partial charge in [-0.2, -0.15) is 0 Å². The van der Waals surface area contributed by atoms with E-state index in [2.05, 4.69) is 10.2 Å². The van der Waals surface area contributed by atoms with Gasteiger partial charge in [0.15, 0.2) is 4.77 Å². The molecule has 0 unspecified atom stereocenters. The summed E-state index contributed by atoms with van der Waals surface area (Å²) >= 11 is 5.09. The molecule has 0 aliphatic rings. The van der Waals surface area contributed by atoms with Crippen molar-refractivity contribution in [3.05, 3.63) is 34.6 Å². The molecule has 0 saturated carbocycles. The second-order valence-electron chi connectivity index (χ2n) is 4.09. The summed E-state index contributed by atoms with van der Waals surface area (Å²) < 4.78 is 7.60. The Kier molecular flexibility index (Phi) is 3.66. The minimum atomic E-state index is 0.617. The smallest absolute Gasteiger partial charge is 0.225 e. The third kappa shape index (κ3) is 2.53. The van der Waals surface area contributed by atoms with Crippen molar-refractivity contribution in [3.63, 3.8) is 0 Å². The topological polar surface area (TPSA) is 46.1 Å². The number of rotatable bonds is 4. The van der Waals surface area contributed by atoms with Crippen LogP contribution in [0.4, 0.5) is 5.95 Å². The number of H-pyrrole nitrogens is 1. The summed E-state index contributed by atoms with van der Waals surface area (Å²) in [6.45, 7) is 0.761. The molecular weight excluding hydrogens is 248 g/mol. The Morgan fingerprint density at radius 1 is 1.39 bits per heavy atom. The molecule has 0 radical (unpaired) electrons. The average molecular weight is 264 g/mol. The molecule has 1 aromatic carbocycles. The molecule has 1 heterocycles. The van der Waals surface area contributed by atoms with Gasteiger partial charge < -0.3 is 9.64 Å². The van der Waals surface area contributed by atoms with Crippen molar-refractivity contribution in [3.8, 4) is 5.75 Å². The molecule has 96 valence electrons.